The van der Waals surface area contributed by atoms with E-state index in [1.54, 1.807) is 0 Å². The summed E-state index contributed by atoms with van der Waals surface area (Å²) in [5.41, 5.74) is 0. The van der Waals surface area contributed by atoms with Crippen LogP contribution >= 0.6 is 0 Å². The molecule has 1 atom stereocenters. The minimum atomic E-state index is -0.695. The first-order valence-corrected chi connectivity index (χ1v) is 9.36. The molecule has 0 bridgehead atoms. The molecule has 134 valence electrons. The number of aliphatic carboxylic acids is 1. The van der Waals surface area contributed by atoms with Crippen molar-refractivity contribution in [3.8, 4) is 0 Å². The van der Waals surface area contributed by atoms with Crippen molar-refractivity contribution in [2.45, 2.75) is 96.5 Å². The molecule has 0 saturated carbocycles. The Kier molecular flexibility index (Phi) is 16.4. The molecule has 0 aliphatic rings. The summed E-state index contributed by atoms with van der Waals surface area (Å²) >= 11 is 0. The van der Waals surface area contributed by atoms with Crippen LogP contribution < -0.4 is 0 Å². The van der Waals surface area contributed by atoms with Gasteiger partial charge in [-0.1, -0.05) is 56.9 Å². The average Bonchev–Trinajstić information content (AvgIpc) is 2.52. The van der Waals surface area contributed by atoms with E-state index in [0.717, 1.165) is 57.8 Å². The number of allylic oxidation sites excluding steroid dienone is 3. The van der Waals surface area contributed by atoms with Crippen molar-refractivity contribution < 1.29 is 15.0 Å². The van der Waals surface area contributed by atoms with Crippen LogP contribution in [0.2, 0.25) is 0 Å². The van der Waals surface area contributed by atoms with Gasteiger partial charge in [0, 0.05) is 6.42 Å². The topological polar surface area (TPSA) is 57.5 Å². The maximum absolute atomic E-state index is 10.4. The predicted octanol–water partition coefficient (Wildman–Crippen LogP) is 5.64. The summed E-state index contributed by atoms with van der Waals surface area (Å²) in [6.45, 7) is 2.21. The van der Waals surface area contributed by atoms with Crippen molar-refractivity contribution in [2.24, 2.45) is 0 Å². The van der Waals surface area contributed by atoms with E-state index in [4.69, 9.17) is 5.11 Å². The Hall–Kier alpha value is -1.09. The molecule has 3 nitrogen and oxygen atoms in total. The number of rotatable bonds is 16. The van der Waals surface area contributed by atoms with Gasteiger partial charge in [-0.05, 0) is 51.4 Å². The molecular formula is C20H36O3. The zero-order chi connectivity index (χ0) is 17.2. The molecule has 0 heterocycles. The molecule has 2 N–H and O–H groups in total. The molecule has 0 rings (SSSR count). The summed E-state index contributed by atoms with van der Waals surface area (Å²) in [4.78, 5) is 10.4. The Labute approximate surface area is 142 Å². The molecule has 23 heavy (non-hydrogen) atoms. The van der Waals surface area contributed by atoms with Gasteiger partial charge in [0.15, 0.2) is 0 Å². The molecular weight excluding hydrogens is 288 g/mol. The Morgan fingerprint density at radius 3 is 2.17 bits per heavy atom. The van der Waals surface area contributed by atoms with Crippen molar-refractivity contribution in [3.63, 3.8) is 0 Å². The van der Waals surface area contributed by atoms with E-state index in [0.29, 0.717) is 6.42 Å². The van der Waals surface area contributed by atoms with Crippen LogP contribution in [0.15, 0.2) is 24.3 Å². The van der Waals surface area contributed by atoms with E-state index >= 15 is 0 Å². The fourth-order valence-corrected chi connectivity index (χ4v) is 2.42. The van der Waals surface area contributed by atoms with Gasteiger partial charge in [0.1, 0.15) is 0 Å². The zero-order valence-electron chi connectivity index (χ0n) is 14.9. The van der Waals surface area contributed by atoms with Crippen LogP contribution in [0.5, 0.6) is 0 Å². The van der Waals surface area contributed by atoms with Gasteiger partial charge in [-0.2, -0.15) is 0 Å². The molecule has 0 spiro atoms. The fraction of sp³-hybridized carbons (Fsp3) is 0.750. The molecule has 0 aromatic heterocycles. The third-order valence-corrected chi connectivity index (χ3v) is 3.89. The molecule has 0 fully saturated rings. The van der Waals surface area contributed by atoms with Crippen LogP contribution in [-0.2, 0) is 4.79 Å². The quantitative estimate of drug-likeness (QED) is 0.285. The third-order valence-electron chi connectivity index (χ3n) is 3.89. The number of aliphatic hydroxyl groups is 1. The molecule has 0 aliphatic heterocycles. The van der Waals surface area contributed by atoms with Gasteiger partial charge in [-0.15, -0.1) is 0 Å². The minimum Gasteiger partial charge on any atom is -0.481 e. The van der Waals surface area contributed by atoms with Gasteiger partial charge < -0.3 is 10.2 Å². The Bertz CT molecular complexity index is 321. The largest absolute Gasteiger partial charge is 0.481 e. The number of unbranched alkanes of at least 4 members (excludes halogenated alkanes) is 7. The second-order valence-corrected chi connectivity index (χ2v) is 6.25. The lowest BCUT2D eigenvalue weighted by Gasteiger charge is -2.05. The summed E-state index contributed by atoms with van der Waals surface area (Å²) in [7, 11) is 0. The van der Waals surface area contributed by atoms with E-state index < -0.39 is 5.97 Å². The minimum absolute atomic E-state index is 0.224. The average molecular weight is 325 g/mol. The molecule has 3 heteroatoms. The third kappa shape index (κ3) is 18.9. The Balaban J connectivity index is 3.36. The van der Waals surface area contributed by atoms with Crippen LogP contribution in [0.4, 0.5) is 0 Å². The summed E-state index contributed by atoms with van der Waals surface area (Å²) in [5.74, 6) is -0.695. The maximum atomic E-state index is 10.4. The van der Waals surface area contributed by atoms with E-state index in [1.807, 2.05) is 0 Å². The lowest BCUT2D eigenvalue weighted by atomic mass is 10.1. The molecule has 0 aliphatic carbocycles. The van der Waals surface area contributed by atoms with Crippen molar-refractivity contribution in [3.05, 3.63) is 24.3 Å². The molecule has 0 amide bonds. The van der Waals surface area contributed by atoms with Crippen LogP contribution in [0.1, 0.15) is 90.4 Å². The number of carboxylic acid groups (broad SMARTS) is 1. The van der Waals surface area contributed by atoms with Gasteiger partial charge in [-0.3, -0.25) is 4.79 Å². The predicted molar refractivity (Wildman–Crippen MR) is 97.6 cm³/mol. The zero-order valence-corrected chi connectivity index (χ0v) is 14.9. The second kappa shape index (κ2) is 17.3. The highest BCUT2D eigenvalue weighted by molar-refractivity contribution is 5.66. The Morgan fingerprint density at radius 1 is 0.870 bits per heavy atom. The fourth-order valence-electron chi connectivity index (χ4n) is 2.42. The van der Waals surface area contributed by atoms with Crippen LogP contribution in [-0.4, -0.2) is 22.3 Å². The van der Waals surface area contributed by atoms with E-state index in [1.165, 1.54) is 19.3 Å². The van der Waals surface area contributed by atoms with Crippen molar-refractivity contribution >= 4 is 5.97 Å². The van der Waals surface area contributed by atoms with Crippen molar-refractivity contribution in [2.75, 3.05) is 0 Å². The monoisotopic (exact) mass is 324 g/mol. The van der Waals surface area contributed by atoms with E-state index in [2.05, 4.69) is 31.2 Å². The van der Waals surface area contributed by atoms with E-state index in [9.17, 15) is 9.90 Å². The van der Waals surface area contributed by atoms with Crippen LogP contribution in [0.25, 0.3) is 0 Å². The smallest absolute Gasteiger partial charge is 0.303 e. The molecule has 0 unspecified atom stereocenters. The second-order valence-electron chi connectivity index (χ2n) is 6.25. The van der Waals surface area contributed by atoms with Crippen LogP contribution in [0.3, 0.4) is 0 Å². The number of aliphatic hydroxyl groups excluding tert-OH is 1. The number of carbonyl (C=O) groups is 1. The first-order valence-electron chi connectivity index (χ1n) is 9.36. The standard InChI is InChI=1S/C20H36O3/c1-2-3-4-5-10-13-16-19(21)17-14-11-8-6-7-9-12-15-18-20(22)23/h8,10-11,13,19,21H,2-7,9,12,14-18H2,1H3,(H,22,23)/b11-8-,13-10-/t19-/m0/s1. The highest BCUT2D eigenvalue weighted by Crippen LogP contribution is 2.08. The highest BCUT2D eigenvalue weighted by Gasteiger charge is 1.99. The lowest BCUT2D eigenvalue weighted by Crippen LogP contribution is -2.03. The van der Waals surface area contributed by atoms with E-state index in [-0.39, 0.29) is 6.10 Å². The van der Waals surface area contributed by atoms with Crippen molar-refractivity contribution in [1.29, 1.82) is 0 Å². The van der Waals surface area contributed by atoms with Crippen LogP contribution in [0, 0.1) is 0 Å². The van der Waals surface area contributed by atoms with Gasteiger partial charge >= 0.3 is 5.97 Å². The van der Waals surface area contributed by atoms with Gasteiger partial charge in [0.25, 0.3) is 0 Å². The van der Waals surface area contributed by atoms with Gasteiger partial charge in [0.05, 0.1) is 6.10 Å². The highest BCUT2D eigenvalue weighted by atomic mass is 16.4. The number of carboxylic acids is 1. The number of hydrogen-bond donors (Lipinski definition) is 2. The first-order chi connectivity index (χ1) is 11.2. The molecule has 0 aromatic rings. The van der Waals surface area contributed by atoms with Crippen molar-refractivity contribution in [1.82, 2.24) is 0 Å². The summed E-state index contributed by atoms with van der Waals surface area (Å²) in [6, 6.07) is 0. The maximum Gasteiger partial charge on any atom is 0.303 e. The normalized spacial score (nSPS) is 13.1. The Morgan fingerprint density at radius 2 is 1.48 bits per heavy atom. The van der Waals surface area contributed by atoms with Gasteiger partial charge in [0.2, 0.25) is 0 Å². The summed E-state index contributed by atoms with van der Waals surface area (Å²) in [5, 5.41) is 18.4. The molecule has 0 saturated heterocycles. The summed E-state index contributed by atoms with van der Waals surface area (Å²) in [6.07, 6.45) is 21.2. The molecule has 0 aromatic carbocycles. The molecule has 0 radical (unpaired) electrons. The summed E-state index contributed by atoms with van der Waals surface area (Å²) < 4.78 is 0. The van der Waals surface area contributed by atoms with Gasteiger partial charge in [-0.25, -0.2) is 0 Å². The number of hydrogen-bond acceptors (Lipinski definition) is 2. The lowest BCUT2D eigenvalue weighted by molar-refractivity contribution is -0.137. The SMILES string of the molecule is CCCCC/C=C\C[C@H](O)CC/C=C\CCCCCCC(=O)O. The first kappa shape index (κ1) is 21.9.